The van der Waals surface area contributed by atoms with Crippen molar-refractivity contribution in [3.05, 3.63) is 76.9 Å². The third kappa shape index (κ3) is 3.56. The van der Waals surface area contributed by atoms with E-state index < -0.39 is 0 Å². The van der Waals surface area contributed by atoms with Crippen molar-refractivity contribution in [3.8, 4) is 17.0 Å². The van der Waals surface area contributed by atoms with E-state index in [0.29, 0.717) is 6.54 Å². The van der Waals surface area contributed by atoms with Crippen LogP contribution in [0.2, 0.25) is 0 Å². The fourth-order valence-corrected chi connectivity index (χ4v) is 4.06. The van der Waals surface area contributed by atoms with Crippen molar-refractivity contribution in [2.75, 3.05) is 0 Å². The first kappa shape index (κ1) is 19.4. The topological polar surface area (TPSA) is 77.9 Å². The third-order valence-corrected chi connectivity index (χ3v) is 6.03. The quantitative estimate of drug-likeness (QED) is 0.469. The number of hydrogen-bond donors (Lipinski definition) is 1. The number of fused-ring (bicyclic) bond motifs is 1. The predicted molar refractivity (Wildman–Crippen MR) is 120 cm³/mol. The first-order valence-electron chi connectivity index (χ1n) is 10.6. The first-order valence-corrected chi connectivity index (χ1v) is 10.6. The van der Waals surface area contributed by atoms with Gasteiger partial charge in [0.1, 0.15) is 5.52 Å². The molecule has 4 aromatic rings. The molecule has 0 bridgehead atoms. The van der Waals surface area contributed by atoms with Crippen LogP contribution in [0.15, 0.2) is 60.0 Å². The van der Waals surface area contributed by atoms with E-state index in [9.17, 15) is 9.90 Å². The largest absolute Gasteiger partial charge is 0.493 e. The van der Waals surface area contributed by atoms with Crippen LogP contribution < -0.4 is 5.69 Å². The molecule has 31 heavy (non-hydrogen) atoms. The zero-order valence-corrected chi connectivity index (χ0v) is 17.5. The van der Waals surface area contributed by atoms with E-state index in [0.717, 1.165) is 52.2 Å². The molecule has 1 N–H and O–H groups in total. The molecular weight excluding hydrogens is 390 g/mol. The van der Waals surface area contributed by atoms with Gasteiger partial charge in [-0.2, -0.15) is 0 Å². The van der Waals surface area contributed by atoms with Crippen molar-refractivity contribution < 1.29 is 5.11 Å². The molecule has 0 atom stereocenters. The summed E-state index contributed by atoms with van der Waals surface area (Å²) in [6.45, 7) is 5.27. The molecule has 1 aliphatic rings. The molecule has 5 rings (SSSR count). The van der Waals surface area contributed by atoms with Gasteiger partial charge in [0.15, 0.2) is 0 Å². The summed E-state index contributed by atoms with van der Waals surface area (Å²) in [6.07, 6.45) is 6.63. The molecule has 7 nitrogen and oxygen atoms in total. The van der Waals surface area contributed by atoms with Gasteiger partial charge in [-0.15, -0.1) is 11.7 Å². The zero-order valence-electron chi connectivity index (χ0n) is 17.5. The summed E-state index contributed by atoms with van der Waals surface area (Å²) < 4.78 is 4.75. The summed E-state index contributed by atoms with van der Waals surface area (Å²) in [7, 11) is 1.55. The lowest BCUT2D eigenvalue weighted by Crippen LogP contribution is -2.22. The van der Waals surface area contributed by atoms with E-state index in [-0.39, 0.29) is 11.6 Å². The number of rotatable bonds is 7. The van der Waals surface area contributed by atoms with Gasteiger partial charge in [-0.05, 0) is 53.5 Å². The van der Waals surface area contributed by atoms with Crippen LogP contribution >= 0.6 is 0 Å². The number of nitrogens with zero attached hydrogens (tertiary/aromatic N) is 5. The van der Waals surface area contributed by atoms with Gasteiger partial charge in [-0.3, -0.25) is 9.13 Å². The molecule has 158 valence electrons. The van der Waals surface area contributed by atoms with Gasteiger partial charge in [0.2, 0.25) is 5.88 Å². The van der Waals surface area contributed by atoms with Crippen LogP contribution in [0.5, 0.6) is 5.88 Å². The van der Waals surface area contributed by atoms with Gasteiger partial charge in [0.05, 0.1) is 18.3 Å². The summed E-state index contributed by atoms with van der Waals surface area (Å²) in [6, 6.07) is 12.4. The van der Waals surface area contributed by atoms with Crippen LogP contribution in [-0.2, 0) is 26.6 Å². The minimum atomic E-state index is -0.241. The monoisotopic (exact) mass is 415 g/mol. The van der Waals surface area contributed by atoms with Gasteiger partial charge in [0, 0.05) is 13.6 Å². The predicted octanol–water partition coefficient (Wildman–Crippen LogP) is 3.49. The Balaban J connectivity index is 1.48. The average Bonchev–Trinajstić information content (AvgIpc) is 3.45. The molecule has 7 heteroatoms. The van der Waals surface area contributed by atoms with Crippen molar-refractivity contribution in [1.29, 1.82) is 0 Å². The number of hydrogen-bond acceptors (Lipinski definition) is 4. The molecule has 0 radical (unpaired) electrons. The van der Waals surface area contributed by atoms with Crippen LogP contribution in [0.3, 0.4) is 0 Å². The summed E-state index contributed by atoms with van der Waals surface area (Å²) in [4.78, 5) is 12.1. The van der Waals surface area contributed by atoms with Gasteiger partial charge in [-0.25, -0.2) is 9.48 Å². The first-order chi connectivity index (χ1) is 15.0. The minimum absolute atomic E-state index is 0.0429. The highest BCUT2D eigenvalue weighted by Crippen LogP contribution is 2.34. The van der Waals surface area contributed by atoms with Crippen molar-refractivity contribution in [1.82, 2.24) is 24.1 Å². The molecule has 0 unspecified atom stereocenters. The van der Waals surface area contributed by atoms with Crippen molar-refractivity contribution in [2.45, 2.75) is 32.4 Å². The molecular formula is C24H25N5O2. The van der Waals surface area contributed by atoms with E-state index in [1.165, 1.54) is 28.2 Å². The summed E-state index contributed by atoms with van der Waals surface area (Å²) in [5.41, 5.74) is 6.09. The lowest BCUT2D eigenvalue weighted by Gasteiger charge is -2.11. The van der Waals surface area contributed by atoms with Crippen molar-refractivity contribution in [2.24, 2.45) is 13.0 Å². The Morgan fingerprint density at radius 1 is 1.19 bits per heavy atom. The van der Waals surface area contributed by atoms with Crippen LogP contribution in [0.25, 0.3) is 22.2 Å². The Hall–Kier alpha value is -3.61. The highest BCUT2D eigenvalue weighted by molar-refractivity contribution is 5.87. The number of imidazole rings is 1. The van der Waals surface area contributed by atoms with E-state index in [1.54, 1.807) is 7.05 Å². The molecule has 0 spiro atoms. The maximum Gasteiger partial charge on any atom is 0.331 e. The smallest absolute Gasteiger partial charge is 0.331 e. The maximum absolute atomic E-state index is 12.1. The molecule has 2 aromatic carbocycles. The molecule has 1 saturated carbocycles. The number of aromatic nitrogens is 5. The van der Waals surface area contributed by atoms with E-state index in [2.05, 4.69) is 41.2 Å². The van der Waals surface area contributed by atoms with E-state index in [1.807, 2.05) is 22.9 Å². The van der Waals surface area contributed by atoms with E-state index >= 15 is 0 Å². The summed E-state index contributed by atoms with van der Waals surface area (Å²) in [5, 5.41) is 18.6. The van der Waals surface area contributed by atoms with Crippen molar-refractivity contribution >= 4 is 11.0 Å². The second-order valence-corrected chi connectivity index (χ2v) is 8.32. The highest BCUT2D eigenvalue weighted by atomic mass is 16.3. The van der Waals surface area contributed by atoms with Crippen LogP contribution in [-0.4, -0.2) is 29.2 Å². The molecule has 0 aliphatic heterocycles. The highest BCUT2D eigenvalue weighted by Gasteiger charge is 2.24. The number of aromatic hydroxyl groups is 1. The van der Waals surface area contributed by atoms with Crippen LogP contribution in [0.1, 0.15) is 24.0 Å². The van der Waals surface area contributed by atoms with Gasteiger partial charge < -0.3 is 5.11 Å². The second kappa shape index (κ2) is 7.58. The van der Waals surface area contributed by atoms with E-state index in [4.69, 9.17) is 0 Å². The van der Waals surface area contributed by atoms with Crippen LogP contribution in [0.4, 0.5) is 0 Å². The normalized spacial score (nSPS) is 13.7. The third-order valence-electron chi connectivity index (χ3n) is 6.03. The fourth-order valence-electron chi connectivity index (χ4n) is 4.06. The zero-order chi connectivity index (χ0) is 21.5. The van der Waals surface area contributed by atoms with Crippen LogP contribution in [0, 0.1) is 5.92 Å². The Morgan fingerprint density at radius 2 is 1.97 bits per heavy atom. The molecule has 2 heterocycles. The Labute approximate surface area is 179 Å². The molecule has 0 saturated heterocycles. The second-order valence-electron chi connectivity index (χ2n) is 8.32. The van der Waals surface area contributed by atoms with Crippen molar-refractivity contribution in [3.63, 3.8) is 0 Å². The van der Waals surface area contributed by atoms with Gasteiger partial charge in [-0.1, -0.05) is 41.6 Å². The Kier molecular flexibility index (Phi) is 4.73. The molecule has 0 amide bonds. The van der Waals surface area contributed by atoms with Gasteiger partial charge in [0.25, 0.3) is 0 Å². The standard InChI is InChI=1S/C24H25N5O2/c1-3-4-20-19(11-12-21-23(20)25-26-29(21)14-17-5-6-17)18-9-7-16(8-10-18)13-28-15-22(30)27(2)24(28)31/h3,7-12,15,17,30H,1,4-6,13-14H2,2H3. The molecule has 1 fully saturated rings. The maximum atomic E-state index is 12.1. The number of allylic oxidation sites excluding steroid dienone is 1. The Bertz CT molecular complexity index is 1320. The SMILES string of the molecule is C=CCc1c(-c2ccc(Cn3cc(O)n(C)c3=O)cc2)ccc2c1nnn2CC1CC1. The average molecular weight is 415 g/mol. The molecule has 1 aliphatic carbocycles. The Morgan fingerprint density at radius 3 is 2.61 bits per heavy atom. The fraction of sp³-hybridized carbons (Fsp3) is 0.292. The minimum Gasteiger partial charge on any atom is -0.493 e. The summed E-state index contributed by atoms with van der Waals surface area (Å²) >= 11 is 0. The lowest BCUT2D eigenvalue weighted by atomic mass is 9.95. The number of benzene rings is 2. The molecule has 2 aromatic heterocycles. The lowest BCUT2D eigenvalue weighted by molar-refractivity contribution is 0.429. The summed E-state index contributed by atoms with van der Waals surface area (Å²) in [5.74, 6) is 0.692. The van der Waals surface area contributed by atoms with Gasteiger partial charge >= 0.3 is 5.69 Å².